The van der Waals surface area contributed by atoms with Gasteiger partial charge in [0.25, 0.3) is 0 Å². The topological polar surface area (TPSA) is 42.2 Å². The van der Waals surface area contributed by atoms with Crippen LogP contribution in [0.3, 0.4) is 0 Å². The zero-order valence-electron chi connectivity index (χ0n) is 13.4. The van der Waals surface area contributed by atoms with E-state index in [0.717, 1.165) is 15.2 Å². The Morgan fingerprint density at radius 1 is 0.913 bits per heavy atom. The minimum Gasteiger partial charge on any atom is -0.405 e. The fraction of sp³-hybridized carbons (Fsp3) is 0.211. The van der Waals surface area contributed by atoms with Gasteiger partial charge in [0.05, 0.1) is 10.3 Å². The maximum absolute atomic E-state index is 12.3. The van der Waals surface area contributed by atoms with E-state index in [-0.39, 0.29) is 11.2 Å². The van der Waals surface area contributed by atoms with Gasteiger partial charge >= 0.3 is 5.63 Å². The number of benzene rings is 2. The van der Waals surface area contributed by atoms with E-state index in [2.05, 4.69) is 5.32 Å². The summed E-state index contributed by atoms with van der Waals surface area (Å²) in [5, 5.41) is 4.82. The summed E-state index contributed by atoms with van der Waals surface area (Å²) in [6.45, 7) is 6.12. The number of nitrogens with one attached hydrogen (secondary N) is 1. The molecule has 0 aliphatic carbocycles. The summed E-state index contributed by atoms with van der Waals surface area (Å²) in [6.07, 6.45) is 0. The fourth-order valence-corrected chi connectivity index (χ4v) is 3.31. The second-order valence-corrected chi connectivity index (χ2v) is 7.47. The molecule has 4 heteroatoms. The Bertz CT molecular complexity index is 879. The second kappa shape index (κ2) is 6.13. The molecule has 0 aliphatic rings. The van der Waals surface area contributed by atoms with Crippen LogP contribution < -0.4 is 10.9 Å². The summed E-state index contributed by atoms with van der Waals surface area (Å²) in [6, 6.07) is 17.6. The first-order chi connectivity index (χ1) is 10.9. The van der Waals surface area contributed by atoms with E-state index in [9.17, 15) is 4.79 Å². The van der Waals surface area contributed by atoms with Crippen molar-refractivity contribution in [3.05, 3.63) is 65.0 Å². The van der Waals surface area contributed by atoms with E-state index in [1.807, 2.05) is 69.3 Å². The molecule has 0 aliphatic heterocycles. The molecule has 2 aromatic carbocycles. The highest BCUT2D eigenvalue weighted by molar-refractivity contribution is 7.99. The molecule has 3 nitrogen and oxygen atoms in total. The number of fused-ring (bicyclic) bond motifs is 1. The molecule has 3 aromatic rings. The Morgan fingerprint density at radius 3 is 2.17 bits per heavy atom. The SMILES string of the molecule is CC(C)(C)Nc1oc(=O)c2ccccc2c1Sc1ccccc1. The molecule has 1 aromatic heterocycles. The van der Waals surface area contributed by atoms with E-state index in [1.54, 1.807) is 17.8 Å². The Balaban J connectivity index is 2.20. The molecule has 0 atom stereocenters. The fourth-order valence-electron chi connectivity index (χ4n) is 2.31. The van der Waals surface area contributed by atoms with Crippen LogP contribution in [0.4, 0.5) is 5.88 Å². The summed E-state index contributed by atoms with van der Waals surface area (Å²) in [4.78, 5) is 14.3. The molecule has 3 rings (SSSR count). The lowest BCUT2D eigenvalue weighted by atomic mass is 10.1. The molecule has 0 radical (unpaired) electrons. The smallest absolute Gasteiger partial charge is 0.345 e. The highest BCUT2D eigenvalue weighted by Gasteiger charge is 2.19. The van der Waals surface area contributed by atoms with Gasteiger partial charge in [0, 0.05) is 15.8 Å². The summed E-state index contributed by atoms with van der Waals surface area (Å²) < 4.78 is 5.58. The van der Waals surface area contributed by atoms with Crippen LogP contribution in [0.5, 0.6) is 0 Å². The molecule has 1 heterocycles. The summed E-state index contributed by atoms with van der Waals surface area (Å²) in [5.74, 6) is 0.523. The third kappa shape index (κ3) is 3.59. The van der Waals surface area contributed by atoms with Crippen molar-refractivity contribution in [3.8, 4) is 0 Å². The van der Waals surface area contributed by atoms with Crippen LogP contribution in [0.1, 0.15) is 20.8 Å². The summed E-state index contributed by atoms with van der Waals surface area (Å²) >= 11 is 1.60. The van der Waals surface area contributed by atoms with Crippen molar-refractivity contribution in [2.45, 2.75) is 36.1 Å². The van der Waals surface area contributed by atoms with Crippen molar-refractivity contribution in [1.82, 2.24) is 0 Å². The van der Waals surface area contributed by atoms with Crippen LogP contribution in [-0.4, -0.2) is 5.54 Å². The van der Waals surface area contributed by atoms with Gasteiger partial charge in [0.15, 0.2) is 0 Å². The van der Waals surface area contributed by atoms with Crippen LogP contribution in [0, 0.1) is 0 Å². The van der Waals surface area contributed by atoms with Crippen LogP contribution in [0.2, 0.25) is 0 Å². The van der Waals surface area contributed by atoms with Gasteiger partial charge in [-0.2, -0.15) is 0 Å². The van der Waals surface area contributed by atoms with E-state index in [1.165, 1.54) is 0 Å². The molecule has 0 amide bonds. The van der Waals surface area contributed by atoms with E-state index in [0.29, 0.717) is 11.3 Å². The normalized spacial score (nSPS) is 11.6. The van der Waals surface area contributed by atoms with Crippen LogP contribution in [-0.2, 0) is 0 Å². The lowest BCUT2D eigenvalue weighted by Gasteiger charge is -2.23. The van der Waals surface area contributed by atoms with Gasteiger partial charge in [-0.15, -0.1) is 0 Å². The Kier molecular flexibility index (Phi) is 4.18. The first-order valence-corrected chi connectivity index (χ1v) is 8.33. The Labute approximate surface area is 139 Å². The van der Waals surface area contributed by atoms with E-state index >= 15 is 0 Å². The van der Waals surface area contributed by atoms with E-state index in [4.69, 9.17) is 4.42 Å². The molecule has 0 spiro atoms. The van der Waals surface area contributed by atoms with Crippen molar-refractivity contribution < 1.29 is 4.42 Å². The van der Waals surface area contributed by atoms with Crippen molar-refractivity contribution in [2.24, 2.45) is 0 Å². The quantitative estimate of drug-likeness (QED) is 0.722. The number of anilines is 1. The van der Waals surface area contributed by atoms with Crippen molar-refractivity contribution in [3.63, 3.8) is 0 Å². The molecule has 1 N–H and O–H groups in total. The van der Waals surface area contributed by atoms with Gasteiger partial charge in [-0.25, -0.2) is 4.79 Å². The predicted molar refractivity (Wildman–Crippen MR) is 96.4 cm³/mol. The zero-order valence-corrected chi connectivity index (χ0v) is 14.2. The van der Waals surface area contributed by atoms with E-state index < -0.39 is 0 Å². The Morgan fingerprint density at radius 2 is 1.52 bits per heavy atom. The maximum Gasteiger partial charge on any atom is 0.345 e. The van der Waals surface area contributed by atoms with Crippen molar-refractivity contribution >= 4 is 28.4 Å². The van der Waals surface area contributed by atoms with Crippen molar-refractivity contribution in [1.29, 1.82) is 0 Å². The van der Waals surface area contributed by atoms with Gasteiger partial charge in [0.1, 0.15) is 0 Å². The zero-order chi connectivity index (χ0) is 16.4. The lowest BCUT2D eigenvalue weighted by molar-refractivity contribution is 0.496. The molecular formula is C19H19NO2S. The second-order valence-electron chi connectivity index (χ2n) is 6.38. The first kappa shape index (κ1) is 15.7. The predicted octanol–water partition coefficient (Wildman–Crippen LogP) is 5.15. The van der Waals surface area contributed by atoms with Gasteiger partial charge in [-0.1, -0.05) is 48.2 Å². The van der Waals surface area contributed by atoms with Gasteiger partial charge in [-0.05, 0) is 39.0 Å². The molecule has 0 fully saturated rings. The van der Waals surface area contributed by atoms with Crippen LogP contribution in [0.25, 0.3) is 10.8 Å². The summed E-state index contributed by atoms with van der Waals surface area (Å²) in [7, 11) is 0. The number of rotatable bonds is 3. The average Bonchev–Trinajstić information content (AvgIpc) is 2.51. The van der Waals surface area contributed by atoms with Crippen LogP contribution >= 0.6 is 11.8 Å². The van der Waals surface area contributed by atoms with Crippen LogP contribution in [0.15, 0.2) is 73.6 Å². The van der Waals surface area contributed by atoms with Crippen molar-refractivity contribution in [2.75, 3.05) is 5.32 Å². The minimum absolute atomic E-state index is 0.204. The third-order valence-electron chi connectivity index (χ3n) is 3.24. The highest BCUT2D eigenvalue weighted by atomic mass is 32.2. The largest absolute Gasteiger partial charge is 0.405 e. The molecular weight excluding hydrogens is 306 g/mol. The summed E-state index contributed by atoms with van der Waals surface area (Å²) in [5.41, 5.74) is -0.519. The molecule has 0 saturated carbocycles. The first-order valence-electron chi connectivity index (χ1n) is 7.51. The average molecular weight is 325 g/mol. The third-order valence-corrected chi connectivity index (χ3v) is 4.36. The monoisotopic (exact) mass is 325 g/mol. The molecule has 23 heavy (non-hydrogen) atoms. The van der Waals surface area contributed by atoms with Gasteiger partial charge < -0.3 is 9.73 Å². The minimum atomic E-state index is -0.315. The maximum atomic E-state index is 12.3. The molecule has 0 bridgehead atoms. The number of hydrogen-bond donors (Lipinski definition) is 1. The molecule has 0 saturated heterocycles. The number of hydrogen-bond acceptors (Lipinski definition) is 4. The Hall–Kier alpha value is -2.20. The van der Waals surface area contributed by atoms with Gasteiger partial charge in [0.2, 0.25) is 5.88 Å². The standard InChI is InChI=1S/C19H19NO2S/c1-19(2,3)20-17-16(23-13-9-5-4-6-10-13)14-11-7-8-12-15(14)18(21)22-17/h4-12,20H,1-3H3. The molecule has 0 unspecified atom stereocenters. The lowest BCUT2D eigenvalue weighted by Crippen LogP contribution is -2.27. The molecule has 118 valence electrons. The highest BCUT2D eigenvalue weighted by Crippen LogP contribution is 2.38. The van der Waals surface area contributed by atoms with Gasteiger partial charge in [-0.3, -0.25) is 0 Å².